The van der Waals surface area contributed by atoms with Crippen LogP contribution in [0.1, 0.15) is 137 Å². The van der Waals surface area contributed by atoms with Crippen LogP contribution in [-0.4, -0.2) is 16.9 Å². The van der Waals surface area contributed by atoms with E-state index in [1.165, 1.54) is 64.2 Å². The number of carbonyl (C=O) groups excluding carboxylic acids is 1. The molecule has 3 heteroatoms. The van der Waals surface area contributed by atoms with E-state index in [4.69, 9.17) is 0 Å². The van der Waals surface area contributed by atoms with Crippen molar-refractivity contribution in [3.8, 4) is 0 Å². The summed E-state index contributed by atoms with van der Waals surface area (Å²) in [5.74, 6) is -0.310. The number of Topliss-reactive ketones (excluding diaryl/α,β-unsaturated/α-hetero) is 1. The van der Waals surface area contributed by atoms with Crippen molar-refractivity contribution >= 4 is 11.8 Å². The van der Waals surface area contributed by atoms with E-state index in [1.54, 1.807) is 6.92 Å². The summed E-state index contributed by atoms with van der Waals surface area (Å²) in [6.45, 7) is 9.81. The monoisotopic (exact) mass is 422 g/mol. The Hall–Kier alpha value is -1.12. The summed E-state index contributed by atoms with van der Waals surface area (Å²) < 4.78 is 0. The number of carbonyl (C=O) groups is 2. The third kappa shape index (κ3) is 12.5. The predicted molar refractivity (Wildman–Crippen MR) is 129 cm³/mol. The van der Waals surface area contributed by atoms with Crippen molar-refractivity contribution in [1.29, 1.82) is 0 Å². The van der Waals surface area contributed by atoms with Gasteiger partial charge in [0.2, 0.25) is 0 Å². The minimum absolute atomic E-state index is 0.0999. The zero-order chi connectivity index (χ0) is 22.9. The van der Waals surface area contributed by atoms with Crippen molar-refractivity contribution in [2.24, 2.45) is 10.8 Å². The Kier molecular flexibility index (Phi) is 15.9. The zero-order valence-corrected chi connectivity index (χ0v) is 20.7. The lowest BCUT2D eigenvalue weighted by molar-refractivity contribution is -0.148. The number of allylic oxidation sites excluding steroid dienone is 2. The molecule has 176 valence electrons. The Balaban J connectivity index is 3.51. The van der Waals surface area contributed by atoms with Crippen LogP contribution in [0.5, 0.6) is 0 Å². The van der Waals surface area contributed by atoms with Crippen LogP contribution in [0.2, 0.25) is 0 Å². The fourth-order valence-electron chi connectivity index (χ4n) is 3.89. The van der Waals surface area contributed by atoms with E-state index in [0.717, 1.165) is 32.1 Å². The first-order valence-corrected chi connectivity index (χ1v) is 12.6. The SMILES string of the molecule is CCC(C)(CCCCCCC/C=C\CCCCCCCC(C)(CC)C(=O)O)C(C)=O. The molecule has 0 aromatic carbocycles. The molecule has 0 spiro atoms. The van der Waals surface area contributed by atoms with Gasteiger partial charge in [-0.25, -0.2) is 0 Å². The van der Waals surface area contributed by atoms with E-state index in [1.807, 2.05) is 13.8 Å². The maximum absolute atomic E-state index is 11.7. The molecular weight excluding hydrogens is 372 g/mol. The first-order chi connectivity index (χ1) is 14.2. The van der Waals surface area contributed by atoms with Gasteiger partial charge in [-0.05, 0) is 65.2 Å². The van der Waals surface area contributed by atoms with E-state index >= 15 is 0 Å². The summed E-state index contributed by atoms with van der Waals surface area (Å²) in [5, 5.41) is 9.29. The largest absolute Gasteiger partial charge is 0.481 e. The highest BCUT2D eigenvalue weighted by molar-refractivity contribution is 5.81. The Labute approximate surface area is 187 Å². The van der Waals surface area contributed by atoms with Crippen molar-refractivity contribution in [1.82, 2.24) is 0 Å². The molecule has 0 aromatic heterocycles. The molecule has 1 N–H and O–H groups in total. The number of carboxylic acid groups (broad SMARTS) is 1. The van der Waals surface area contributed by atoms with Gasteiger partial charge in [-0.15, -0.1) is 0 Å². The normalized spacial score (nSPS) is 15.8. The maximum atomic E-state index is 11.7. The third-order valence-corrected chi connectivity index (χ3v) is 7.29. The lowest BCUT2D eigenvalue weighted by atomic mass is 9.79. The molecular formula is C27H50O3. The number of ketones is 1. The van der Waals surface area contributed by atoms with Crippen LogP contribution in [-0.2, 0) is 9.59 Å². The van der Waals surface area contributed by atoms with Gasteiger partial charge in [-0.1, -0.05) is 84.3 Å². The van der Waals surface area contributed by atoms with E-state index in [-0.39, 0.29) is 5.41 Å². The Bertz CT molecular complexity index is 452. The second-order valence-electron chi connectivity index (χ2n) is 9.77. The molecule has 0 radical (unpaired) electrons. The summed E-state index contributed by atoms with van der Waals surface area (Å²) in [6, 6.07) is 0. The number of unbranched alkanes of at least 4 members (excludes halogenated alkanes) is 10. The highest BCUT2D eigenvalue weighted by atomic mass is 16.4. The third-order valence-electron chi connectivity index (χ3n) is 7.29. The molecule has 0 aromatic rings. The Morgan fingerprint density at radius 3 is 1.40 bits per heavy atom. The van der Waals surface area contributed by atoms with Crippen molar-refractivity contribution < 1.29 is 14.7 Å². The fourth-order valence-corrected chi connectivity index (χ4v) is 3.89. The smallest absolute Gasteiger partial charge is 0.309 e. The van der Waals surface area contributed by atoms with Gasteiger partial charge in [0.25, 0.3) is 0 Å². The van der Waals surface area contributed by atoms with Crippen LogP contribution < -0.4 is 0 Å². The molecule has 30 heavy (non-hydrogen) atoms. The van der Waals surface area contributed by atoms with Crippen LogP contribution in [0.15, 0.2) is 12.2 Å². The van der Waals surface area contributed by atoms with Gasteiger partial charge in [-0.2, -0.15) is 0 Å². The molecule has 0 amide bonds. The van der Waals surface area contributed by atoms with Gasteiger partial charge in [-0.3, -0.25) is 9.59 Å². The van der Waals surface area contributed by atoms with Crippen LogP contribution in [0.25, 0.3) is 0 Å². The molecule has 0 aliphatic rings. The summed E-state index contributed by atoms with van der Waals surface area (Å²) in [7, 11) is 0. The minimum Gasteiger partial charge on any atom is -0.481 e. The van der Waals surface area contributed by atoms with E-state index in [0.29, 0.717) is 12.2 Å². The number of hydrogen-bond donors (Lipinski definition) is 1. The molecule has 2 atom stereocenters. The van der Waals surface area contributed by atoms with Gasteiger partial charge >= 0.3 is 5.97 Å². The van der Waals surface area contributed by atoms with Gasteiger partial charge in [0, 0.05) is 5.41 Å². The highest BCUT2D eigenvalue weighted by Crippen LogP contribution is 2.30. The van der Waals surface area contributed by atoms with Gasteiger partial charge in [0.15, 0.2) is 0 Å². The first-order valence-electron chi connectivity index (χ1n) is 12.6. The Morgan fingerprint density at radius 2 is 1.03 bits per heavy atom. The minimum atomic E-state index is -0.650. The lowest BCUT2D eigenvalue weighted by Gasteiger charge is -2.24. The van der Waals surface area contributed by atoms with Crippen molar-refractivity contribution in [2.45, 2.75) is 137 Å². The Morgan fingerprint density at radius 1 is 0.667 bits per heavy atom. The average Bonchev–Trinajstić information content (AvgIpc) is 2.72. The van der Waals surface area contributed by atoms with Crippen LogP contribution >= 0.6 is 0 Å². The predicted octanol–water partition coefficient (Wildman–Crippen LogP) is 8.51. The first kappa shape index (κ1) is 28.9. The van der Waals surface area contributed by atoms with E-state index in [9.17, 15) is 14.7 Å². The fraction of sp³-hybridized carbons (Fsp3) is 0.852. The van der Waals surface area contributed by atoms with Crippen LogP contribution in [0, 0.1) is 10.8 Å². The molecule has 0 heterocycles. The molecule has 3 nitrogen and oxygen atoms in total. The molecule has 0 fully saturated rings. The molecule has 0 aliphatic carbocycles. The highest BCUT2D eigenvalue weighted by Gasteiger charge is 2.30. The molecule has 2 unspecified atom stereocenters. The molecule has 0 saturated carbocycles. The summed E-state index contributed by atoms with van der Waals surface area (Å²) >= 11 is 0. The van der Waals surface area contributed by atoms with E-state index in [2.05, 4.69) is 26.0 Å². The van der Waals surface area contributed by atoms with Gasteiger partial charge < -0.3 is 5.11 Å². The average molecular weight is 423 g/mol. The van der Waals surface area contributed by atoms with Crippen molar-refractivity contribution in [2.75, 3.05) is 0 Å². The standard InChI is InChI=1S/C27H50O3/c1-6-26(4,24(3)28)22-20-18-16-14-12-10-8-9-11-13-15-17-19-21-23-27(5,7-2)25(29)30/h8-9H,6-7,10-23H2,1-5H3,(H,29,30)/b9-8-. The summed E-state index contributed by atoms with van der Waals surface area (Å²) in [6.07, 6.45) is 22.7. The number of hydrogen-bond acceptors (Lipinski definition) is 2. The van der Waals surface area contributed by atoms with Crippen LogP contribution in [0.3, 0.4) is 0 Å². The second-order valence-corrected chi connectivity index (χ2v) is 9.77. The molecule has 0 rings (SSSR count). The maximum Gasteiger partial charge on any atom is 0.309 e. The quantitative estimate of drug-likeness (QED) is 0.158. The number of rotatable bonds is 20. The molecule has 0 bridgehead atoms. The molecule has 0 saturated heterocycles. The lowest BCUT2D eigenvalue weighted by Crippen LogP contribution is -2.26. The topological polar surface area (TPSA) is 54.4 Å². The summed E-state index contributed by atoms with van der Waals surface area (Å²) in [5.41, 5.74) is -0.634. The second kappa shape index (κ2) is 16.6. The number of carboxylic acids is 1. The zero-order valence-electron chi connectivity index (χ0n) is 20.7. The van der Waals surface area contributed by atoms with Crippen molar-refractivity contribution in [3.05, 3.63) is 12.2 Å². The van der Waals surface area contributed by atoms with E-state index < -0.39 is 11.4 Å². The van der Waals surface area contributed by atoms with Crippen molar-refractivity contribution in [3.63, 3.8) is 0 Å². The van der Waals surface area contributed by atoms with Gasteiger partial charge in [0.05, 0.1) is 5.41 Å². The van der Waals surface area contributed by atoms with Crippen LogP contribution in [0.4, 0.5) is 0 Å². The van der Waals surface area contributed by atoms with Gasteiger partial charge in [0.1, 0.15) is 5.78 Å². The number of aliphatic carboxylic acids is 1. The summed E-state index contributed by atoms with van der Waals surface area (Å²) in [4.78, 5) is 23.0. The molecule has 0 aliphatic heterocycles.